The van der Waals surface area contributed by atoms with E-state index in [0.717, 1.165) is 56.0 Å². The van der Waals surface area contributed by atoms with Gasteiger partial charge in [0.2, 0.25) is 0 Å². The molecule has 0 saturated heterocycles. The Morgan fingerprint density at radius 1 is 0.633 bits per heavy atom. The lowest BCUT2D eigenvalue weighted by atomic mass is 9.49. The average molecular weight is 658 g/mol. The molecule has 0 radical (unpaired) electrons. The summed E-state index contributed by atoms with van der Waals surface area (Å²) in [5.74, 6) is -0.362. The number of hydrogen-bond donors (Lipinski definition) is 2. The number of carbonyl (C=O) groups is 1. The summed E-state index contributed by atoms with van der Waals surface area (Å²) in [6.45, 7) is 8.47. The van der Waals surface area contributed by atoms with E-state index in [9.17, 15) is 4.79 Å². The summed E-state index contributed by atoms with van der Waals surface area (Å²) in [5, 5.41) is 0. The van der Waals surface area contributed by atoms with Crippen LogP contribution in [0.15, 0.2) is 102 Å². The highest BCUT2D eigenvalue weighted by molar-refractivity contribution is 5.97. The van der Waals surface area contributed by atoms with Crippen LogP contribution in [0.4, 0.5) is 17.1 Å². The monoisotopic (exact) mass is 657 g/mol. The second-order valence-corrected chi connectivity index (χ2v) is 15.0. The van der Waals surface area contributed by atoms with Gasteiger partial charge in [0.05, 0.1) is 5.56 Å². The maximum atomic E-state index is 14.2. The van der Waals surface area contributed by atoms with Crippen molar-refractivity contribution in [1.82, 2.24) is 0 Å². The molecule has 256 valence electrons. The van der Waals surface area contributed by atoms with E-state index in [1.165, 1.54) is 0 Å². The van der Waals surface area contributed by atoms with Crippen LogP contribution in [0.25, 0.3) is 11.1 Å². The summed E-state index contributed by atoms with van der Waals surface area (Å²) < 4.78 is 6.88. The van der Waals surface area contributed by atoms with E-state index in [1.54, 1.807) is 0 Å². The van der Waals surface area contributed by atoms with Crippen molar-refractivity contribution in [3.63, 3.8) is 0 Å². The lowest BCUT2D eigenvalue weighted by molar-refractivity contribution is -0.140. The Kier molecular flexibility index (Phi) is 8.45. The van der Waals surface area contributed by atoms with Gasteiger partial charge in [0.15, 0.2) is 5.60 Å². The highest BCUT2D eigenvalue weighted by Crippen LogP contribution is 2.65. The van der Waals surface area contributed by atoms with Gasteiger partial charge < -0.3 is 30.9 Å². The average Bonchev–Trinajstić information content (AvgIpc) is 3.39. The molecule has 0 saturated carbocycles. The largest absolute Gasteiger partial charge is 0.449 e. The van der Waals surface area contributed by atoms with E-state index in [4.69, 9.17) is 16.2 Å². The minimum Gasteiger partial charge on any atom is -0.449 e. The Balaban J connectivity index is 1.55. The number of fused-ring (bicyclic) bond motifs is 1. The molecule has 3 aromatic carbocycles. The predicted molar refractivity (Wildman–Crippen MR) is 205 cm³/mol. The molecule has 0 aromatic heterocycles. The number of benzene rings is 3. The number of ether oxygens (including phenoxy) is 1. The van der Waals surface area contributed by atoms with Crippen molar-refractivity contribution in [3.8, 4) is 0 Å². The third-order valence-corrected chi connectivity index (χ3v) is 11.5. The fraction of sp³-hybridized carbons (Fsp3) is 0.357. The van der Waals surface area contributed by atoms with E-state index >= 15 is 0 Å². The minimum absolute atomic E-state index is 0.362. The maximum absolute atomic E-state index is 14.2. The van der Waals surface area contributed by atoms with Gasteiger partial charge in [0.25, 0.3) is 0 Å². The first-order valence-corrected chi connectivity index (χ1v) is 17.0. The number of anilines is 3. The zero-order valence-corrected chi connectivity index (χ0v) is 30.6. The zero-order valence-electron chi connectivity index (χ0n) is 30.6. The Bertz CT molecular complexity index is 1850. The van der Waals surface area contributed by atoms with Crippen molar-refractivity contribution in [2.45, 2.75) is 45.4 Å². The van der Waals surface area contributed by atoms with Gasteiger partial charge in [0, 0.05) is 87.8 Å². The van der Waals surface area contributed by atoms with Crippen LogP contribution in [0, 0.1) is 10.8 Å². The molecule has 4 atom stereocenters. The van der Waals surface area contributed by atoms with Gasteiger partial charge in [-0.25, -0.2) is 4.79 Å². The van der Waals surface area contributed by atoms with Gasteiger partial charge in [-0.2, -0.15) is 0 Å². The molecular weight excluding hydrogens is 606 g/mol. The molecule has 7 nitrogen and oxygen atoms in total. The number of rotatable bonds is 7. The summed E-state index contributed by atoms with van der Waals surface area (Å²) in [4.78, 5) is 20.4. The van der Waals surface area contributed by atoms with Crippen molar-refractivity contribution in [2.24, 2.45) is 22.3 Å². The summed E-state index contributed by atoms with van der Waals surface area (Å²) in [6.07, 6.45) is 8.67. The van der Waals surface area contributed by atoms with Gasteiger partial charge in [-0.15, -0.1) is 0 Å². The van der Waals surface area contributed by atoms with Crippen molar-refractivity contribution in [2.75, 3.05) is 57.0 Å². The van der Waals surface area contributed by atoms with Gasteiger partial charge in [-0.05, 0) is 83.7 Å². The molecule has 7 heteroatoms. The van der Waals surface area contributed by atoms with E-state index < -0.39 is 28.5 Å². The highest BCUT2D eigenvalue weighted by Gasteiger charge is 2.69. The zero-order chi connectivity index (χ0) is 35.6. The Hall–Kier alpha value is -4.59. The number of nitrogens with zero attached hydrogens (tertiary/aromatic N) is 3. The first kappa shape index (κ1) is 34.3. The number of nitrogens with two attached hydrogens (primary N) is 2. The second-order valence-electron chi connectivity index (χ2n) is 15.0. The topological polar surface area (TPSA) is 88.1 Å². The van der Waals surface area contributed by atoms with Crippen LogP contribution in [0.3, 0.4) is 0 Å². The Morgan fingerprint density at radius 3 is 1.49 bits per heavy atom. The third-order valence-electron chi connectivity index (χ3n) is 11.5. The van der Waals surface area contributed by atoms with E-state index in [-0.39, 0.29) is 5.97 Å². The van der Waals surface area contributed by atoms with E-state index in [0.29, 0.717) is 5.56 Å². The van der Waals surface area contributed by atoms with Crippen molar-refractivity contribution < 1.29 is 9.53 Å². The van der Waals surface area contributed by atoms with Crippen LogP contribution in [-0.4, -0.2) is 60.3 Å². The van der Waals surface area contributed by atoms with Gasteiger partial charge in [-0.1, -0.05) is 68.5 Å². The Labute approximate surface area is 292 Å². The molecule has 4 N–H and O–H groups in total. The summed E-state index contributed by atoms with van der Waals surface area (Å²) in [7, 11) is 12.1. The number of carbonyl (C=O) groups excluding carboxylic acids is 1. The molecular formula is C42H51N5O2. The molecule has 0 spiro atoms. The normalized spacial score (nSPS) is 27.7. The lowest BCUT2D eigenvalue weighted by Gasteiger charge is -2.59. The number of allylic oxidation sites excluding steroid dienone is 4. The van der Waals surface area contributed by atoms with Gasteiger partial charge >= 0.3 is 5.97 Å². The van der Waals surface area contributed by atoms with Crippen molar-refractivity contribution in [1.29, 1.82) is 0 Å². The maximum Gasteiger partial charge on any atom is 0.339 e. The standard InChI is InChI=1S/C42H51N5O2/c1-26-33(28-13-11-15-30(23-28)45(5)6)19-21-40(3,37(26)43)42(36-18-17-32(47(9)10)25-35(36)39(48)49-42)41(4)22-20-34(27(2)38(41)44)29-14-12-16-31(24-29)46(7)8/h11-25,37-38H,43-44H2,1-10H3. The summed E-state index contributed by atoms with van der Waals surface area (Å²) in [5.41, 5.74) is 22.8. The molecule has 3 aromatic rings. The second kappa shape index (κ2) is 12.1. The fourth-order valence-corrected chi connectivity index (χ4v) is 8.36. The lowest BCUT2D eigenvalue weighted by Crippen LogP contribution is -2.66. The van der Waals surface area contributed by atoms with Crippen LogP contribution in [0.2, 0.25) is 0 Å². The SMILES string of the molecule is CC1=C(c2cccc(N(C)C)c2)C=CC(C)(C2(C3(C)C=CC(c4cccc(N(C)C)c4)=C(C)C3N)OC(=O)c3cc(N(C)C)ccc32)C1N. The summed E-state index contributed by atoms with van der Waals surface area (Å²) in [6, 6.07) is 22.0. The number of cyclic esters (lactones) is 1. The van der Waals surface area contributed by atoms with Crippen LogP contribution < -0.4 is 26.2 Å². The molecule has 49 heavy (non-hydrogen) atoms. The molecule has 0 amide bonds. The molecule has 4 unspecified atom stereocenters. The van der Waals surface area contributed by atoms with Crippen LogP contribution in [0.1, 0.15) is 54.7 Å². The predicted octanol–water partition coefficient (Wildman–Crippen LogP) is 7.00. The number of hydrogen-bond acceptors (Lipinski definition) is 7. The fourth-order valence-electron chi connectivity index (χ4n) is 8.36. The smallest absolute Gasteiger partial charge is 0.339 e. The van der Waals surface area contributed by atoms with Gasteiger partial charge in [0.1, 0.15) is 0 Å². The molecule has 1 heterocycles. The first-order chi connectivity index (χ1) is 23.1. The Morgan fingerprint density at radius 2 is 1.06 bits per heavy atom. The van der Waals surface area contributed by atoms with Gasteiger partial charge in [-0.3, -0.25) is 0 Å². The molecule has 0 bridgehead atoms. The molecule has 3 aliphatic rings. The quantitative estimate of drug-likeness (QED) is 0.265. The molecule has 6 rings (SSSR count). The van der Waals surface area contributed by atoms with Crippen LogP contribution in [0.5, 0.6) is 0 Å². The minimum atomic E-state index is -1.24. The van der Waals surface area contributed by atoms with Crippen LogP contribution in [-0.2, 0) is 10.3 Å². The molecule has 2 aliphatic carbocycles. The highest BCUT2D eigenvalue weighted by atomic mass is 16.6. The van der Waals surface area contributed by atoms with Crippen molar-refractivity contribution >= 4 is 34.2 Å². The van der Waals surface area contributed by atoms with E-state index in [1.807, 2.05) is 53.3 Å². The van der Waals surface area contributed by atoms with Crippen LogP contribution >= 0.6 is 0 Å². The van der Waals surface area contributed by atoms with E-state index in [2.05, 4.69) is 122 Å². The third kappa shape index (κ3) is 5.05. The number of esters is 1. The summed E-state index contributed by atoms with van der Waals surface area (Å²) >= 11 is 0. The molecule has 1 aliphatic heterocycles. The van der Waals surface area contributed by atoms with Crippen molar-refractivity contribution in [3.05, 3.63) is 124 Å². The first-order valence-electron chi connectivity index (χ1n) is 17.0. The molecule has 0 fully saturated rings.